The van der Waals surface area contributed by atoms with Crippen molar-refractivity contribution in [2.75, 3.05) is 13.1 Å². The van der Waals surface area contributed by atoms with E-state index < -0.39 is 0 Å². The Balaban J connectivity index is 1.64. The molecule has 4 heteroatoms. The minimum Gasteiger partial charge on any atom is -0.312 e. The van der Waals surface area contributed by atoms with Gasteiger partial charge in [-0.1, -0.05) is 18.6 Å². The lowest BCUT2D eigenvalue weighted by molar-refractivity contribution is 0.0653. The Morgan fingerprint density at radius 1 is 1.11 bits per heavy atom. The van der Waals surface area contributed by atoms with E-state index >= 15 is 0 Å². The average Bonchev–Trinajstić information content (AvgIpc) is 2.57. The molecule has 0 saturated heterocycles. The molecule has 0 atom stereocenters. The van der Waals surface area contributed by atoms with Crippen molar-refractivity contribution in [3.8, 4) is 0 Å². The van der Waals surface area contributed by atoms with Gasteiger partial charge in [0.25, 0.3) is 11.8 Å². The zero-order valence-electron chi connectivity index (χ0n) is 10.2. The van der Waals surface area contributed by atoms with Crippen molar-refractivity contribution in [2.45, 2.75) is 25.3 Å². The normalized spacial score (nSPS) is 19.0. The standard InChI is InChI=1S/C14H16N2O2/c17-13-11-6-1-2-7-12(11)14(18)16(13)9-8-15-10-4-3-5-10/h1-2,6-7,10,15H,3-5,8-9H2. The third-order valence-electron chi connectivity index (χ3n) is 3.75. The first-order chi connectivity index (χ1) is 8.77. The van der Waals surface area contributed by atoms with Crippen molar-refractivity contribution in [2.24, 2.45) is 0 Å². The van der Waals surface area contributed by atoms with Gasteiger partial charge in [0.15, 0.2) is 0 Å². The average molecular weight is 244 g/mol. The second-order valence-electron chi connectivity index (χ2n) is 4.89. The summed E-state index contributed by atoms with van der Waals surface area (Å²) in [5.74, 6) is -0.322. The number of fused-ring (bicyclic) bond motifs is 1. The first-order valence-corrected chi connectivity index (χ1v) is 6.46. The van der Waals surface area contributed by atoms with E-state index in [4.69, 9.17) is 0 Å². The summed E-state index contributed by atoms with van der Waals surface area (Å²) < 4.78 is 0. The van der Waals surface area contributed by atoms with Crippen LogP contribution in [0.1, 0.15) is 40.0 Å². The third kappa shape index (κ3) is 1.82. The number of hydrogen-bond donors (Lipinski definition) is 1. The van der Waals surface area contributed by atoms with E-state index in [1.165, 1.54) is 24.2 Å². The molecule has 1 aliphatic heterocycles. The van der Waals surface area contributed by atoms with Gasteiger partial charge in [-0.05, 0) is 25.0 Å². The number of benzene rings is 1. The molecule has 2 aliphatic rings. The van der Waals surface area contributed by atoms with Gasteiger partial charge in [-0.15, -0.1) is 0 Å². The van der Waals surface area contributed by atoms with Crippen molar-refractivity contribution in [1.82, 2.24) is 10.2 Å². The Morgan fingerprint density at radius 2 is 1.72 bits per heavy atom. The first kappa shape index (κ1) is 11.4. The SMILES string of the molecule is O=C1c2ccccc2C(=O)N1CCNC1CCC1. The largest absolute Gasteiger partial charge is 0.312 e. The molecule has 0 unspecified atom stereocenters. The fraction of sp³-hybridized carbons (Fsp3) is 0.429. The molecule has 0 spiro atoms. The Hall–Kier alpha value is -1.68. The molecular formula is C14H16N2O2. The second kappa shape index (κ2) is 4.53. The summed E-state index contributed by atoms with van der Waals surface area (Å²) in [5.41, 5.74) is 1.07. The summed E-state index contributed by atoms with van der Waals surface area (Å²) in [5, 5.41) is 3.37. The molecule has 4 nitrogen and oxygen atoms in total. The first-order valence-electron chi connectivity index (χ1n) is 6.46. The number of amides is 2. The van der Waals surface area contributed by atoms with E-state index in [2.05, 4.69) is 5.32 Å². The van der Waals surface area contributed by atoms with Gasteiger partial charge >= 0.3 is 0 Å². The summed E-state index contributed by atoms with van der Waals surface area (Å²) in [6.45, 7) is 1.15. The van der Waals surface area contributed by atoms with E-state index in [-0.39, 0.29) is 11.8 Å². The molecule has 1 aliphatic carbocycles. The third-order valence-corrected chi connectivity index (χ3v) is 3.75. The number of carbonyl (C=O) groups is 2. The van der Waals surface area contributed by atoms with E-state index in [1.807, 2.05) is 0 Å². The van der Waals surface area contributed by atoms with Crippen LogP contribution in [0.2, 0.25) is 0 Å². The molecule has 0 radical (unpaired) electrons. The smallest absolute Gasteiger partial charge is 0.261 e. The van der Waals surface area contributed by atoms with Crippen LogP contribution in [0, 0.1) is 0 Å². The van der Waals surface area contributed by atoms with Gasteiger partial charge < -0.3 is 5.32 Å². The molecule has 1 heterocycles. The van der Waals surface area contributed by atoms with Crippen LogP contribution in [0.5, 0.6) is 0 Å². The highest BCUT2D eigenvalue weighted by Gasteiger charge is 2.34. The molecule has 18 heavy (non-hydrogen) atoms. The quantitative estimate of drug-likeness (QED) is 0.815. The minimum absolute atomic E-state index is 0.161. The predicted molar refractivity (Wildman–Crippen MR) is 67.5 cm³/mol. The Kier molecular flexibility index (Phi) is 2.88. The van der Waals surface area contributed by atoms with Crippen molar-refractivity contribution in [1.29, 1.82) is 0 Å². The highest BCUT2D eigenvalue weighted by atomic mass is 16.2. The molecule has 2 amide bonds. The highest BCUT2D eigenvalue weighted by Crippen LogP contribution is 2.22. The van der Waals surface area contributed by atoms with Crippen LogP contribution in [0.4, 0.5) is 0 Å². The summed E-state index contributed by atoms with van der Waals surface area (Å²) in [6, 6.07) is 7.60. The van der Waals surface area contributed by atoms with Crippen LogP contribution in [-0.2, 0) is 0 Å². The minimum atomic E-state index is -0.161. The van der Waals surface area contributed by atoms with E-state index in [9.17, 15) is 9.59 Å². The highest BCUT2D eigenvalue weighted by molar-refractivity contribution is 6.21. The van der Waals surface area contributed by atoms with Crippen LogP contribution in [0.3, 0.4) is 0 Å². The molecular weight excluding hydrogens is 228 g/mol. The maximum Gasteiger partial charge on any atom is 0.261 e. The Labute approximate surface area is 106 Å². The van der Waals surface area contributed by atoms with Gasteiger partial charge in [-0.3, -0.25) is 14.5 Å². The number of carbonyl (C=O) groups excluding carboxylic acids is 2. The summed E-state index contributed by atoms with van der Waals surface area (Å²) in [4.78, 5) is 25.4. The van der Waals surface area contributed by atoms with Gasteiger partial charge in [0.2, 0.25) is 0 Å². The molecule has 1 fully saturated rings. The van der Waals surface area contributed by atoms with Gasteiger partial charge in [0.05, 0.1) is 11.1 Å². The van der Waals surface area contributed by atoms with E-state index in [1.54, 1.807) is 24.3 Å². The predicted octanol–water partition coefficient (Wildman–Crippen LogP) is 1.42. The van der Waals surface area contributed by atoms with E-state index in [0.717, 1.165) is 0 Å². The molecule has 1 N–H and O–H groups in total. The van der Waals surface area contributed by atoms with Crippen molar-refractivity contribution in [3.63, 3.8) is 0 Å². The van der Waals surface area contributed by atoms with Gasteiger partial charge in [0, 0.05) is 19.1 Å². The Bertz CT molecular complexity index is 459. The molecule has 0 bridgehead atoms. The zero-order chi connectivity index (χ0) is 12.5. The van der Waals surface area contributed by atoms with Gasteiger partial charge in [-0.25, -0.2) is 0 Å². The van der Waals surface area contributed by atoms with Crippen molar-refractivity contribution in [3.05, 3.63) is 35.4 Å². The molecule has 1 aromatic carbocycles. The fourth-order valence-corrected chi connectivity index (χ4v) is 2.44. The lowest BCUT2D eigenvalue weighted by Crippen LogP contribution is -2.42. The summed E-state index contributed by atoms with van der Waals surface area (Å²) in [6.07, 6.45) is 3.70. The van der Waals surface area contributed by atoms with Gasteiger partial charge in [-0.2, -0.15) is 0 Å². The molecule has 1 saturated carbocycles. The molecule has 1 aromatic rings. The van der Waals surface area contributed by atoms with E-state index in [0.29, 0.717) is 30.3 Å². The molecule has 3 rings (SSSR count). The van der Waals surface area contributed by atoms with Crippen LogP contribution in [0.25, 0.3) is 0 Å². The van der Waals surface area contributed by atoms with Crippen LogP contribution in [-0.4, -0.2) is 35.8 Å². The topological polar surface area (TPSA) is 49.4 Å². The summed E-state index contributed by atoms with van der Waals surface area (Å²) in [7, 11) is 0. The number of nitrogens with zero attached hydrogens (tertiary/aromatic N) is 1. The second-order valence-corrected chi connectivity index (χ2v) is 4.89. The number of imide groups is 1. The van der Waals surface area contributed by atoms with Crippen LogP contribution in [0.15, 0.2) is 24.3 Å². The fourth-order valence-electron chi connectivity index (χ4n) is 2.44. The zero-order valence-corrected chi connectivity index (χ0v) is 10.2. The Morgan fingerprint density at radius 3 is 2.22 bits per heavy atom. The maximum atomic E-state index is 12.0. The summed E-state index contributed by atoms with van der Waals surface area (Å²) >= 11 is 0. The van der Waals surface area contributed by atoms with Crippen molar-refractivity contribution < 1.29 is 9.59 Å². The maximum absolute atomic E-state index is 12.0. The van der Waals surface area contributed by atoms with Crippen LogP contribution >= 0.6 is 0 Å². The molecule has 0 aromatic heterocycles. The van der Waals surface area contributed by atoms with Gasteiger partial charge in [0.1, 0.15) is 0 Å². The number of rotatable bonds is 4. The van der Waals surface area contributed by atoms with Crippen molar-refractivity contribution >= 4 is 11.8 Å². The number of nitrogens with one attached hydrogen (secondary N) is 1. The van der Waals surface area contributed by atoms with Crippen LogP contribution < -0.4 is 5.32 Å². The lowest BCUT2D eigenvalue weighted by Gasteiger charge is -2.27. The molecule has 94 valence electrons. The number of hydrogen-bond acceptors (Lipinski definition) is 3. The lowest BCUT2D eigenvalue weighted by atomic mass is 9.93. The monoisotopic (exact) mass is 244 g/mol.